The zero-order valence-corrected chi connectivity index (χ0v) is 16.2. The Bertz CT molecular complexity index is 783. The van der Waals surface area contributed by atoms with Gasteiger partial charge in [0.05, 0.1) is 31.4 Å². The molecule has 3 rings (SSSR count). The number of thiazole rings is 2. The first-order chi connectivity index (χ1) is 11.5. The lowest BCUT2D eigenvalue weighted by Gasteiger charge is -2.11. The molecule has 0 fully saturated rings. The zero-order valence-electron chi connectivity index (χ0n) is 13.0. The lowest BCUT2D eigenvalue weighted by molar-refractivity contribution is 0.286. The van der Waals surface area contributed by atoms with Gasteiger partial charge in [0.25, 0.3) is 0 Å². The Hall–Kier alpha value is -1.34. The molecule has 0 unspecified atom stereocenters. The van der Waals surface area contributed by atoms with E-state index in [9.17, 15) is 0 Å². The van der Waals surface area contributed by atoms with E-state index in [-0.39, 0.29) is 0 Å². The Kier molecular flexibility index (Phi) is 5.61. The summed E-state index contributed by atoms with van der Waals surface area (Å²) in [7, 11) is 0. The van der Waals surface area contributed by atoms with Crippen molar-refractivity contribution in [1.29, 1.82) is 0 Å². The summed E-state index contributed by atoms with van der Waals surface area (Å²) >= 11 is 15.6. The van der Waals surface area contributed by atoms with Gasteiger partial charge in [-0.2, -0.15) is 0 Å². The van der Waals surface area contributed by atoms with Crippen LogP contribution in [-0.2, 0) is 13.2 Å². The van der Waals surface area contributed by atoms with Crippen molar-refractivity contribution in [2.75, 3.05) is 0 Å². The quantitative estimate of drug-likeness (QED) is 0.533. The molecule has 0 aliphatic carbocycles. The fraction of sp³-hybridized carbons (Fsp3) is 0.250. The molecular weight excluding hydrogens is 387 g/mol. The van der Waals surface area contributed by atoms with Crippen molar-refractivity contribution in [3.63, 3.8) is 0 Å². The summed E-state index contributed by atoms with van der Waals surface area (Å²) in [5, 5.41) is 6.78. The van der Waals surface area contributed by atoms with Gasteiger partial charge in [0.15, 0.2) is 0 Å². The molecule has 126 valence electrons. The molecule has 0 atom stereocenters. The van der Waals surface area contributed by atoms with Crippen molar-refractivity contribution in [3.05, 3.63) is 54.3 Å². The van der Waals surface area contributed by atoms with E-state index >= 15 is 0 Å². The summed E-state index contributed by atoms with van der Waals surface area (Å²) in [4.78, 5) is 8.72. The van der Waals surface area contributed by atoms with Gasteiger partial charge >= 0.3 is 0 Å². The highest BCUT2D eigenvalue weighted by molar-refractivity contribution is 7.09. The third-order valence-corrected chi connectivity index (χ3v) is 5.31. The number of halogens is 2. The lowest BCUT2D eigenvalue weighted by Crippen LogP contribution is -1.99. The van der Waals surface area contributed by atoms with Gasteiger partial charge < -0.3 is 9.47 Å². The molecule has 2 heterocycles. The van der Waals surface area contributed by atoms with Crippen molar-refractivity contribution in [1.82, 2.24) is 9.97 Å². The first kappa shape index (κ1) is 17.5. The average Bonchev–Trinajstić information content (AvgIpc) is 3.14. The summed E-state index contributed by atoms with van der Waals surface area (Å²) in [6, 6.07) is 3.31. The number of hydrogen-bond donors (Lipinski definition) is 0. The number of aryl methyl sites for hydroxylation is 2. The Balaban J connectivity index is 1.70. The molecule has 2 aromatic heterocycles. The molecule has 0 bridgehead atoms. The Labute approximate surface area is 158 Å². The van der Waals surface area contributed by atoms with Gasteiger partial charge in [-0.25, -0.2) is 9.97 Å². The highest BCUT2D eigenvalue weighted by atomic mass is 35.5. The average molecular weight is 401 g/mol. The van der Waals surface area contributed by atoms with Gasteiger partial charge in [0.2, 0.25) is 0 Å². The number of aromatic nitrogens is 2. The van der Waals surface area contributed by atoms with Crippen LogP contribution in [0.5, 0.6) is 11.5 Å². The summed E-state index contributed by atoms with van der Waals surface area (Å²) in [6.07, 6.45) is 0. The predicted molar refractivity (Wildman–Crippen MR) is 98.8 cm³/mol. The van der Waals surface area contributed by atoms with E-state index in [1.165, 1.54) is 0 Å². The molecule has 0 amide bonds. The van der Waals surface area contributed by atoms with Gasteiger partial charge in [0.1, 0.15) is 24.7 Å². The highest BCUT2D eigenvalue weighted by Crippen LogP contribution is 2.36. The first-order valence-electron chi connectivity index (χ1n) is 7.08. The highest BCUT2D eigenvalue weighted by Gasteiger charge is 2.11. The summed E-state index contributed by atoms with van der Waals surface area (Å²) < 4.78 is 11.5. The van der Waals surface area contributed by atoms with Crippen LogP contribution in [0.25, 0.3) is 0 Å². The molecule has 3 aromatic rings. The second-order valence-electron chi connectivity index (χ2n) is 5.01. The fourth-order valence-electron chi connectivity index (χ4n) is 1.98. The van der Waals surface area contributed by atoms with Gasteiger partial charge in [-0.05, 0) is 19.9 Å². The summed E-state index contributed by atoms with van der Waals surface area (Å²) in [5.74, 6) is 1.02. The topological polar surface area (TPSA) is 44.2 Å². The van der Waals surface area contributed by atoms with E-state index < -0.39 is 0 Å². The van der Waals surface area contributed by atoms with Gasteiger partial charge in [0, 0.05) is 16.8 Å². The molecule has 0 N–H and O–H groups in total. The standard InChI is InChI=1S/C16H14Cl2N2O2S2/c1-9-19-11(7-23-9)5-21-15-4-16(14(18)3-13(15)17)22-6-12-8-24-10(2)20-12/h3-4,7-8H,5-6H2,1-2H3. The van der Waals surface area contributed by atoms with Crippen LogP contribution in [-0.4, -0.2) is 9.97 Å². The van der Waals surface area contributed by atoms with Crippen molar-refractivity contribution in [2.24, 2.45) is 0 Å². The molecule has 0 aliphatic rings. The van der Waals surface area contributed by atoms with Crippen molar-refractivity contribution in [3.8, 4) is 11.5 Å². The van der Waals surface area contributed by atoms with Gasteiger partial charge in [-0.3, -0.25) is 0 Å². The first-order valence-corrected chi connectivity index (χ1v) is 9.59. The molecular formula is C16H14Cl2N2O2S2. The maximum atomic E-state index is 6.20. The molecule has 24 heavy (non-hydrogen) atoms. The smallest absolute Gasteiger partial charge is 0.142 e. The SMILES string of the molecule is Cc1nc(COc2cc(OCc3csc(C)n3)c(Cl)cc2Cl)cs1. The van der Waals surface area contributed by atoms with Crippen LogP contribution in [0, 0.1) is 13.8 Å². The van der Waals surface area contributed by atoms with Crippen LogP contribution in [0.3, 0.4) is 0 Å². The molecule has 0 saturated carbocycles. The normalized spacial score (nSPS) is 10.8. The largest absolute Gasteiger partial charge is 0.486 e. The molecule has 8 heteroatoms. The zero-order chi connectivity index (χ0) is 17.1. The maximum Gasteiger partial charge on any atom is 0.142 e. The maximum absolute atomic E-state index is 6.20. The van der Waals surface area contributed by atoms with E-state index in [1.54, 1.807) is 34.8 Å². The van der Waals surface area contributed by atoms with Gasteiger partial charge in [-0.15, -0.1) is 22.7 Å². The van der Waals surface area contributed by atoms with Gasteiger partial charge in [-0.1, -0.05) is 23.2 Å². The number of rotatable bonds is 6. The van der Waals surface area contributed by atoms with Crippen LogP contribution < -0.4 is 9.47 Å². The van der Waals surface area contributed by atoms with Crippen molar-refractivity contribution in [2.45, 2.75) is 27.1 Å². The lowest BCUT2D eigenvalue weighted by atomic mass is 10.3. The summed E-state index contributed by atoms with van der Waals surface area (Å²) in [5.41, 5.74) is 1.73. The molecule has 0 saturated heterocycles. The van der Waals surface area contributed by atoms with Crippen LogP contribution in [0.2, 0.25) is 10.0 Å². The van der Waals surface area contributed by atoms with E-state index in [1.807, 2.05) is 24.6 Å². The van der Waals surface area contributed by atoms with Crippen LogP contribution >= 0.6 is 45.9 Å². The Morgan fingerprint density at radius 1 is 0.833 bits per heavy atom. The minimum Gasteiger partial charge on any atom is -0.486 e. The van der Waals surface area contributed by atoms with E-state index in [4.69, 9.17) is 32.7 Å². The second kappa shape index (κ2) is 7.70. The molecule has 4 nitrogen and oxygen atoms in total. The number of hydrogen-bond acceptors (Lipinski definition) is 6. The predicted octanol–water partition coefficient (Wildman–Crippen LogP) is 5.68. The van der Waals surface area contributed by atoms with Crippen molar-refractivity contribution < 1.29 is 9.47 Å². The third kappa shape index (κ3) is 4.39. The minimum atomic E-state index is 0.344. The second-order valence-corrected chi connectivity index (χ2v) is 7.94. The van der Waals surface area contributed by atoms with Crippen LogP contribution in [0.15, 0.2) is 22.9 Å². The third-order valence-electron chi connectivity index (χ3n) is 3.07. The Morgan fingerprint density at radius 2 is 1.29 bits per heavy atom. The van der Waals surface area contributed by atoms with E-state index in [0.29, 0.717) is 34.8 Å². The number of benzene rings is 1. The van der Waals surface area contributed by atoms with E-state index in [0.717, 1.165) is 21.4 Å². The molecule has 1 aromatic carbocycles. The molecule has 0 radical (unpaired) electrons. The number of nitrogens with zero attached hydrogens (tertiary/aromatic N) is 2. The van der Waals surface area contributed by atoms with Crippen LogP contribution in [0.4, 0.5) is 0 Å². The van der Waals surface area contributed by atoms with Crippen LogP contribution in [0.1, 0.15) is 21.4 Å². The molecule has 0 spiro atoms. The van der Waals surface area contributed by atoms with E-state index in [2.05, 4.69) is 9.97 Å². The molecule has 0 aliphatic heterocycles. The fourth-order valence-corrected chi connectivity index (χ4v) is 3.67. The monoisotopic (exact) mass is 400 g/mol. The Morgan fingerprint density at radius 3 is 1.67 bits per heavy atom. The number of ether oxygens (including phenoxy) is 2. The summed E-state index contributed by atoms with van der Waals surface area (Å²) in [6.45, 7) is 4.60. The minimum absolute atomic E-state index is 0.344. The van der Waals surface area contributed by atoms with Crippen molar-refractivity contribution >= 4 is 45.9 Å².